The molecule has 7 heteroatoms. The van der Waals surface area contributed by atoms with Gasteiger partial charge in [-0.1, -0.05) is 47.6 Å². The van der Waals surface area contributed by atoms with Crippen molar-refractivity contribution in [2.24, 2.45) is 0 Å². The second-order valence-electron chi connectivity index (χ2n) is 7.20. The molecule has 138 valence electrons. The number of ether oxygens (including phenoxy) is 1. The maximum atomic E-state index is 13.1. The SMILES string of the molecule is CC(C)(C)OC(=O)CN(C(=O)c1c(Cl)cc(Cl)cc1Cl)C1CCCC1. The number of hydrogen-bond acceptors (Lipinski definition) is 3. The lowest BCUT2D eigenvalue weighted by atomic mass is 10.1. The Labute approximate surface area is 163 Å². The Hall–Kier alpha value is -0.970. The molecule has 0 atom stereocenters. The smallest absolute Gasteiger partial charge is 0.326 e. The number of rotatable bonds is 4. The van der Waals surface area contributed by atoms with Gasteiger partial charge in [-0.3, -0.25) is 9.59 Å². The molecule has 1 aliphatic rings. The van der Waals surface area contributed by atoms with Gasteiger partial charge >= 0.3 is 5.97 Å². The minimum absolute atomic E-state index is 0.0252. The molecule has 25 heavy (non-hydrogen) atoms. The van der Waals surface area contributed by atoms with Crippen LogP contribution in [0.1, 0.15) is 56.8 Å². The minimum Gasteiger partial charge on any atom is -0.459 e. The van der Waals surface area contributed by atoms with Crippen molar-refractivity contribution in [1.29, 1.82) is 0 Å². The molecule has 0 aromatic heterocycles. The third-order valence-electron chi connectivity index (χ3n) is 3.97. The highest BCUT2D eigenvalue weighted by atomic mass is 35.5. The summed E-state index contributed by atoms with van der Waals surface area (Å²) in [6.45, 7) is 5.24. The fourth-order valence-corrected chi connectivity index (χ4v) is 3.96. The highest BCUT2D eigenvalue weighted by Crippen LogP contribution is 2.32. The minimum atomic E-state index is -0.614. The van der Waals surface area contributed by atoms with E-state index in [0.717, 1.165) is 25.7 Å². The molecule has 2 rings (SSSR count). The van der Waals surface area contributed by atoms with Crippen molar-refractivity contribution in [2.75, 3.05) is 6.54 Å². The number of amides is 1. The predicted molar refractivity (Wildman–Crippen MR) is 101 cm³/mol. The summed E-state index contributed by atoms with van der Waals surface area (Å²) in [5, 5.41) is 0.704. The topological polar surface area (TPSA) is 46.6 Å². The van der Waals surface area contributed by atoms with Crippen LogP contribution >= 0.6 is 34.8 Å². The molecule has 1 aromatic rings. The lowest BCUT2D eigenvalue weighted by Gasteiger charge is -2.30. The number of carbonyl (C=O) groups excluding carboxylic acids is 2. The number of esters is 1. The van der Waals surface area contributed by atoms with Crippen LogP contribution < -0.4 is 0 Å². The van der Waals surface area contributed by atoms with E-state index in [1.807, 2.05) is 0 Å². The molecule has 0 aliphatic heterocycles. The van der Waals surface area contributed by atoms with Crippen molar-refractivity contribution >= 4 is 46.7 Å². The highest BCUT2D eigenvalue weighted by molar-refractivity contribution is 6.42. The number of carbonyl (C=O) groups is 2. The molecule has 1 aliphatic carbocycles. The maximum absolute atomic E-state index is 13.1. The molecule has 1 aromatic carbocycles. The predicted octanol–water partition coefficient (Wildman–Crippen LogP) is 5.37. The van der Waals surface area contributed by atoms with E-state index in [1.54, 1.807) is 20.8 Å². The first-order chi connectivity index (χ1) is 11.6. The van der Waals surface area contributed by atoms with Gasteiger partial charge in [-0.25, -0.2) is 0 Å². The Kier molecular flexibility index (Phi) is 6.63. The lowest BCUT2D eigenvalue weighted by Crippen LogP contribution is -2.44. The van der Waals surface area contributed by atoms with Gasteiger partial charge in [0.1, 0.15) is 12.1 Å². The van der Waals surface area contributed by atoms with Gasteiger partial charge in [0.05, 0.1) is 15.6 Å². The van der Waals surface area contributed by atoms with E-state index in [-0.39, 0.29) is 34.1 Å². The van der Waals surface area contributed by atoms with Gasteiger partial charge in [-0.05, 0) is 45.7 Å². The van der Waals surface area contributed by atoms with Gasteiger partial charge in [-0.15, -0.1) is 0 Å². The largest absolute Gasteiger partial charge is 0.459 e. The Morgan fingerprint density at radius 3 is 2.12 bits per heavy atom. The van der Waals surface area contributed by atoms with E-state index < -0.39 is 11.6 Å². The quantitative estimate of drug-likeness (QED) is 0.631. The lowest BCUT2D eigenvalue weighted by molar-refractivity contribution is -0.156. The van der Waals surface area contributed by atoms with Gasteiger partial charge in [0.15, 0.2) is 0 Å². The zero-order valence-electron chi connectivity index (χ0n) is 14.6. The molecule has 0 N–H and O–H groups in total. The van der Waals surface area contributed by atoms with Crippen LogP contribution in [0.4, 0.5) is 0 Å². The fourth-order valence-electron chi connectivity index (χ4n) is 2.99. The Morgan fingerprint density at radius 1 is 1.12 bits per heavy atom. The molecule has 4 nitrogen and oxygen atoms in total. The van der Waals surface area contributed by atoms with Crippen molar-refractivity contribution in [3.8, 4) is 0 Å². The molecule has 0 heterocycles. The molecule has 0 unspecified atom stereocenters. The van der Waals surface area contributed by atoms with Crippen LogP contribution in [0.25, 0.3) is 0 Å². The van der Waals surface area contributed by atoms with E-state index >= 15 is 0 Å². The van der Waals surface area contributed by atoms with Crippen LogP contribution in [-0.4, -0.2) is 35.0 Å². The summed E-state index contributed by atoms with van der Waals surface area (Å²) in [5.74, 6) is -0.821. The number of halogens is 3. The summed E-state index contributed by atoms with van der Waals surface area (Å²) in [5.41, 5.74) is -0.444. The summed E-state index contributed by atoms with van der Waals surface area (Å²) in [7, 11) is 0. The van der Waals surface area contributed by atoms with Gasteiger partial charge in [0, 0.05) is 11.1 Å². The maximum Gasteiger partial charge on any atom is 0.326 e. The molecule has 0 bridgehead atoms. The summed E-state index contributed by atoms with van der Waals surface area (Å²) in [6, 6.07) is 2.92. The van der Waals surface area contributed by atoms with E-state index in [0.29, 0.717) is 5.02 Å². The van der Waals surface area contributed by atoms with E-state index in [2.05, 4.69) is 0 Å². The first kappa shape index (κ1) is 20.3. The number of hydrogen-bond donors (Lipinski definition) is 0. The van der Waals surface area contributed by atoms with E-state index in [1.165, 1.54) is 17.0 Å². The number of benzene rings is 1. The first-order valence-electron chi connectivity index (χ1n) is 8.26. The molecule has 0 saturated heterocycles. The van der Waals surface area contributed by atoms with Crippen LogP contribution in [0.2, 0.25) is 15.1 Å². The normalized spacial score (nSPS) is 15.3. The Morgan fingerprint density at radius 2 is 1.64 bits per heavy atom. The van der Waals surface area contributed by atoms with Crippen molar-refractivity contribution in [3.05, 3.63) is 32.8 Å². The van der Waals surface area contributed by atoms with Crippen molar-refractivity contribution in [3.63, 3.8) is 0 Å². The third-order valence-corrected chi connectivity index (χ3v) is 4.78. The third kappa shape index (κ3) is 5.50. The van der Waals surface area contributed by atoms with Crippen molar-refractivity contribution in [2.45, 2.75) is 58.1 Å². The second-order valence-corrected chi connectivity index (χ2v) is 8.45. The standard InChI is InChI=1S/C18H22Cl3NO3/c1-18(2,3)25-15(23)10-22(12-6-4-5-7-12)17(24)16-13(20)8-11(19)9-14(16)21/h8-9,12H,4-7,10H2,1-3H3. The monoisotopic (exact) mass is 405 g/mol. The molecular formula is C18H22Cl3NO3. The fraction of sp³-hybridized carbons (Fsp3) is 0.556. The van der Waals surface area contributed by atoms with Crippen LogP contribution in [0.3, 0.4) is 0 Å². The zero-order chi connectivity index (χ0) is 18.8. The highest BCUT2D eigenvalue weighted by Gasteiger charge is 2.32. The van der Waals surface area contributed by atoms with Gasteiger partial charge in [0.2, 0.25) is 0 Å². The molecule has 1 fully saturated rings. The van der Waals surface area contributed by atoms with E-state index in [9.17, 15) is 9.59 Å². The van der Waals surface area contributed by atoms with Crippen LogP contribution in [0.5, 0.6) is 0 Å². The van der Waals surface area contributed by atoms with Crippen LogP contribution in [0, 0.1) is 0 Å². The summed E-state index contributed by atoms with van der Waals surface area (Å²) in [4.78, 5) is 26.9. The van der Waals surface area contributed by atoms with Gasteiger partial charge in [0.25, 0.3) is 5.91 Å². The first-order valence-corrected chi connectivity index (χ1v) is 9.39. The van der Waals surface area contributed by atoms with Crippen LogP contribution in [-0.2, 0) is 9.53 Å². The zero-order valence-corrected chi connectivity index (χ0v) is 16.8. The molecular weight excluding hydrogens is 385 g/mol. The van der Waals surface area contributed by atoms with E-state index in [4.69, 9.17) is 39.5 Å². The summed E-state index contributed by atoms with van der Waals surface area (Å²) in [6.07, 6.45) is 3.73. The number of nitrogens with zero attached hydrogens (tertiary/aromatic N) is 1. The molecule has 1 saturated carbocycles. The molecule has 0 spiro atoms. The Balaban J connectivity index is 2.29. The Bertz CT molecular complexity index is 641. The van der Waals surface area contributed by atoms with Crippen molar-refractivity contribution < 1.29 is 14.3 Å². The van der Waals surface area contributed by atoms with Crippen molar-refractivity contribution in [1.82, 2.24) is 4.90 Å². The molecule has 0 radical (unpaired) electrons. The second kappa shape index (κ2) is 8.15. The average molecular weight is 407 g/mol. The average Bonchev–Trinajstić information content (AvgIpc) is 2.95. The summed E-state index contributed by atoms with van der Waals surface area (Å²) < 4.78 is 5.37. The van der Waals surface area contributed by atoms with Crippen LogP contribution in [0.15, 0.2) is 12.1 Å². The van der Waals surface area contributed by atoms with Gasteiger partial charge < -0.3 is 9.64 Å². The summed E-state index contributed by atoms with van der Waals surface area (Å²) >= 11 is 18.3. The molecule has 1 amide bonds. The van der Waals surface area contributed by atoms with Gasteiger partial charge in [-0.2, -0.15) is 0 Å².